The molecule has 0 aromatic heterocycles. The second kappa shape index (κ2) is 13.6. The second-order valence-electron chi connectivity index (χ2n) is 6.46. The zero-order valence-electron chi connectivity index (χ0n) is 15.6. The number of nitrogens with one attached hydrogen (secondary N) is 2. The summed E-state index contributed by atoms with van der Waals surface area (Å²) in [6, 6.07) is 0. The third kappa shape index (κ3) is 9.82. The summed E-state index contributed by atoms with van der Waals surface area (Å²) in [6.07, 6.45) is 7.59. The van der Waals surface area contributed by atoms with Crippen LogP contribution in [0.5, 0.6) is 0 Å². The molecule has 0 aromatic rings. The van der Waals surface area contributed by atoms with Crippen molar-refractivity contribution in [2.24, 2.45) is 10.9 Å². The molecule has 1 atom stereocenters. The van der Waals surface area contributed by atoms with E-state index in [0.717, 1.165) is 51.3 Å². The van der Waals surface area contributed by atoms with Crippen LogP contribution in [0.4, 0.5) is 0 Å². The van der Waals surface area contributed by atoms with Crippen LogP contribution in [0.3, 0.4) is 0 Å². The Hall–Kier alpha value is -0.810. The lowest BCUT2D eigenvalue weighted by Gasteiger charge is -2.26. The molecule has 0 radical (unpaired) electrons. The van der Waals surface area contributed by atoms with Crippen molar-refractivity contribution < 1.29 is 4.74 Å². The molecule has 0 aromatic carbocycles. The molecular weight excluding hydrogens is 288 g/mol. The summed E-state index contributed by atoms with van der Waals surface area (Å²) >= 11 is 0. The lowest BCUT2D eigenvalue weighted by molar-refractivity contribution is 0.0372. The van der Waals surface area contributed by atoms with Gasteiger partial charge in [-0.1, -0.05) is 33.1 Å². The fourth-order valence-electron chi connectivity index (χ4n) is 2.90. The minimum atomic E-state index is 0.759. The highest BCUT2D eigenvalue weighted by molar-refractivity contribution is 5.79. The highest BCUT2D eigenvalue weighted by atomic mass is 16.5. The maximum Gasteiger partial charge on any atom is 0.190 e. The molecule has 1 fully saturated rings. The molecule has 0 spiro atoms. The average Bonchev–Trinajstić information content (AvgIpc) is 2.60. The minimum absolute atomic E-state index is 0.759. The van der Waals surface area contributed by atoms with E-state index in [1.807, 2.05) is 7.05 Å². The number of rotatable bonds is 11. The van der Waals surface area contributed by atoms with Crippen molar-refractivity contribution in [2.75, 3.05) is 53.0 Å². The van der Waals surface area contributed by atoms with Crippen LogP contribution in [0.15, 0.2) is 4.99 Å². The molecule has 1 saturated heterocycles. The van der Waals surface area contributed by atoms with Crippen molar-refractivity contribution in [3.05, 3.63) is 0 Å². The molecule has 1 rings (SSSR count). The zero-order valence-corrected chi connectivity index (χ0v) is 15.6. The molecule has 0 amide bonds. The summed E-state index contributed by atoms with van der Waals surface area (Å²) in [7, 11) is 1.86. The number of nitrogens with zero attached hydrogens (tertiary/aromatic N) is 2. The normalized spacial score (nSPS) is 18.0. The van der Waals surface area contributed by atoms with Crippen LogP contribution >= 0.6 is 0 Å². The van der Waals surface area contributed by atoms with Gasteiger partial charge in [-0.2, -0.15) is 0 Å². The third-order valence-corrected chi connectivity index (χ3v) is 4.62. The van der Waals surface area contributed by atoms with Gasteiger partial charge in [-0.25, -0.2) is 0 Å². The number of morpholine rings is 1. The molecule has 2 N–H and O–H groups in total. The average molecular weight is 327 g/mol. The Morgan fingerprint density at radius 1 is 1.13 bits per heavy atom. The van der Waals surface area contributed by atoms with Crippen molar-refractivity contribution in [3.8, 4) is 0 Å². The van der Waals surface area contributed by atoms with Crippen LogP contribution in [-0.4, -0.2) is 63.8 Å². The van der Waals surface area contributed by atoms with Gasteiger partial charge < -0.3 is 15.4 Å². The number of aliphatic imine (C=N–C) groups is 1. The van der Waals surface area contributed by atoms with E-state index < -0.39 is 0 Å². The first-order chi connectivity index (χ1) is 11.3. The number of unbranched alkanes of at least 4 members (excludes halogenated alkanes) is 2. The van der Waals surface area contributed by atoms with Gasteiger partial charge in [0, 0.05) is 33.2 Å². The highest BCUT2D eigenvalue weighted by Crippen LogP contribution is 2.11. The van der Waals surface area contributed by atoms with Gasteiger partial charge in [0.05, 0.1) is 13.2 Å². The minimum Gasteiger partial charge on any atom is -0.379 e. The lowest BCUT2D eigenvalue weighted by atomic mass is 9.99. The van der Waals surface area contributed by atoms with Crippen molar-refractivity contribution >= 4 is 5.96 Å². The van der Waals surface area contributed by atoms with E-state index in [4.69, 9.17) is 4.74 Å². The molecule has 5 heteroatoms. The lowest BCUT2D eigenvalue weighted by Crippen LogP contribution is -2.40. The predicted octanol–water partition coefficient (Wildman–Crippen LogP) is 2.48. The summed E-state index contributed by atoms with van der Waals surface area (Å²) in [5.74, 6) is 1.71. The number of hydrogen-bond donors (Lipinski definition) is 2. The SMILES string of the molecule is CCCCC(CC)CNC(=NC)NCCCCN1CCOCC1. The Labute approximate surface area is 143 Å². The number of hydrogen-bond acceptors (Lipinski definition) is 3. The standard InChI is InChI=1S/C18H38N4O/c1-4-6-9-17(5-2)16-21-18(19-3)20-10-7-8-11-22-12-14-23-15-13-22/h17H,4-16H2,1-3H3,(H2,19,20,21). The molecule has 0 aliphatic carbocycles. The van der Waals surface area contributed by atoms with E-state index in [1.54, 1.807) is 0 Å². The molecule has 23 heavy (non-hydrogen) atoms. The topological polar surface area (TPSA) is 48.9 Å². The Morgan fingerprint density at radius 2 is 1.91 bits per heavy atom. The number of guanidine groups is 1. The molecule has 1 aliphatic rings. The van der Waals surface area contributed by atoms with Crippen molar-refractivity contribution in [1.29, 1.82) is 0 Å². The molecule has 5 nitrogen and oxygen atoms in total. The van der Waals surface area contributed by atoms with Gasteiger partial charge >= 0.3 is 0 Å². The molecule has 136 valence electrons. The van der Waals surface area contributed by atoms with Gasteiger partial charge in [0.25, 0.3) is 0 Å². The van der Waals surface area contributed by atoms with Crippen LogP contribution in [-0.2, 0) is 4.74 Å². The fourth-order valence-corrected chi connectivity index (χ4v) is 2.90. The van der Waals surface area contributed by atoms with Crippen LogP contribution in [0.25, 0.3) is 0 Å². The van der Waals surface area contributed by atoms with E-state index in [-0.39, 0.29) is 0 Å². The molecule has 0 bridgehead atoms. The smallest absolute Gasteiger partial charge is 0.190 e. The molecule has 0 saturated carbocycles. The summed E-state index contributed by atoms with van der Waals surface area (Å²) < 4.78 is 5.37. The van der Waals surface area contributed by atoms with Crippen molar-refractivity contribution in [1.82, 2.24) is 15.5 Å². The third-order valence-electron chi connectivity index (χ3n) is 4.62. The molecule has 1 heterocycles. The quantitative estimate of drug-likeness (QED) is 0.348. The first-order valence-corrected chi connectivity index (χ1v) is 9.54. The fraction of sp³-hybridized carbons (Fsp3) is 0.944. The van der Waals surface area contributed by atoms with Crippen molar-refractivity contribution in [3.63, 3.8) is 0 Å². The summed E-state index contributed by atoms with van der Waals surface area (Å²) in [6.45, 7) is 11.7. The van der Waals surface area contributed by atoms with Crippen LogP contribution in [0.1, 0.15) is 52.4 Å². The Balaban J connectivity index is 2.06. The van der Waals surface area contributed by atoms with Gasteiger partial charge in [-0.05, 0) is 31.7 Å². The Bertz CT molecular complexity index is 303. The zero-order chi connectivity index (χ0) is 16.8. The van der Waals surface area contributed by atoms with E-state index in [1.165, 1.54) is 45.1 Å². The molecule has 1 aliphatic heterocycles. The van der Waals surface area contributed by atoms with E-state index in [0.29, 0.717) is 0 Å². The van der Waals surface area contributed by atoms with E-state index in [9.17, 15) is 0 Å². The number of ether oxygens (including phenoxy) is 1. The summed E-state index contributed by atoms with van der Waals surface area (Å²) in [5.41, 5.74) is 0. The molecular formula is C18H38N4O. The van der Waals surface area contributed by atoms with E-state index in [2.05, 4.69) is 34.4 Å². The monoisotopic (exact) mass is 326 g/mol. The van der Waals surface area contributed by atoms with Gasteiger partial charge in [-0.15, -0.1) is 0 Å². The predicted molar refractivity (Wildman–Crippen MR) is 99.2 cm³/mol. The van der Waals surface area contributed by atoms with Crippen LogP contribution in [0, 0.1) is 5.92 Å². The van der Waals surface area contributed by atoms with Gasteiger partial charge in [0.15, 0.2) is 5.96 Å². The Morgan fingerprint density at radius 3 is 2.57 bits per heavy atom. The van der Waals surface area contributed by atoms with Gasteiger partial charge in [0.1, 0.15) is 0 Å². The van der Waals surface area contributed by atoms with Crippen molar-refractivity contribution in [2.45, 2.75) is 52.4 Å². The first-order valence-electron chi connectivity index (χ1n) is 9.54. The van der Waals surface area contributed by atoms with Gasteiger partial charge in [0.2, 0.25) is 0 Å². The van der Waals surface area contributed by atoms with Gasteiger partial charge in [-0.3, -0.25) is 9.89 Å². The largest absolute Gasteiger partial charge is 0.379 e. The van der Waals surface area contributed by atoms with Crippen LogP contribution < -0.4 is 10.6 Å². The molecule has 1 unspecified atom stereocenters. The maximum absolute atomic E-state index is 5.37. The Kier molecular flexibility index (Phi) is 12.0. The van der Waals surface area contributed by atoms with E-state index >= 15 is 0 Å². The maximum atomic E-state index is 5.37. The van der Waals surface area contributed by atoms with Crippen LogP contribution in [0.2, 0.25) is 0 Å². The summed E-state index contributed by atoms with van der Waals surface area (Å²) in [4.78, 5) is 6.83. The highest BCUT2D eigenvalue weighted by Gasteiger charge is 2.09. The second-order valence-corrected chi connectivity index (χ2v) is 6.46. The summed E-state index contributed by atoms with van der Waals surface area (Å²) in [5, 5.41) is 6.92. The first kappa shape index (κ1) is 20.2.